The van der Waals surface area contributed by atoms with E-state index in [-0.39, 0.29) is 17.7 Å². The normalized spacial score (nSPS) is 19.0. The summed E-state index contributed by atoms with van der Waals surface area (Å²) in [7, 11) is -6.60. The molecule has 3 aliphatic rings. The molecule has 2 saturated carbocycles. The number of hydrogen-bond acceptors (Lipinski definition) is 9. The average molecular weight is 643 g/mol. The van der Waals surface area contributed by atoms with Crippen LogP contribution >= 0.6 is 0 Å². The highest BCUT2D eigenvalue weighted by atomic mass is 32.2. The average Bonchev–Trinajstić information content (AvgIpc) is 3.89. The Balaban J connectivity index is 1.33. The highest BCUT2D eigenvalue weighted by molar-refractivity contribution is 7.95. The fourth-order valence-electron chi connectivity index (χ4n) is 5.87. The molecule has 3 aromatic rings. The van der Waals surface area contributed by atoms with Crippen LogP contribution in [0.5, 0.6) is 0 Å². The second-order valence-electron chi connectivity index (χ2n) is 13.2. The van der Waals surface area contributed by atoms with Gasteiger partial charge in [-0.2, -0.15) is 0 Å². The van der Waals surface area contributed by atoms with Gasteiger partial charge in [-0.05, 0) is 95.0 Å². The van der Waals surface area contributed by atoms with Crippen molar-refractivity contribution in [2.45, 2.75) is 74.5 Å². The molecule has 0 unspecified atom stereocenters. The van der Waals surface area contributed by atoms with Crippen molar-refractivity contribution < 1.29 is 26.4 Å². The Morgan fingerprint density at radius 3 is 2.25 bits per heavy atom. The van der Waals surface area contributed by atoms with Crippen molar-refractivity contribution in [1.82, 2.24) is 19.7 Å². The largest absolute Gasteiger partial charge is 0.468 e. The number of nitrogens with zero attached hydrogens (tertiary/aromatic N) is 4. The number of aromatic nitrogens is 3. The molecule has 2 N–H and O–H groups in total. The van der Waals surface area contributed by atoms with Crippen LogP contribution in [0.3, 0.4) is 0 Å². The maximum absolute atomic E-state index is 13.3. The van der Waals surface area contributed by atoms with Crippen molar-refractivity contribution in [3.05, 3.63) is 48.7 Å². The van der Waals surface area contributed by atoms with Crippen LogP contribution in [0, 0.1) is 5.41 Å². The summed E-state index contributed by atoms with van der Waals surface area (Å²) in [5.74, 6) is -0.756. The topological polar surface area (TPSA) is 153 Å². The molecule has 1 saturated heterocycles. The van der Waals surface area contributed by atoms with Gasteiger partial charge in [-0.3, -0.25) is 9.52 Å². The first-order chi connectivity index (χ1) is 20.7. The van der Waals surface area contributed by atoms with E-state index in [0.717, 1.165) is 31.6 Å². The number of hydrogen-bond donors (Lipinski definition) is 2. The minimum absolute atomic E-state index is 0.125. The number of sulfonamides is 2. The summed E-state index contributed by atoms with van der Waals surface area (Å²) in [5.41, 5.74) is 2.69. The molecular weight excluding hydrogens is 605 g/mol. The van der Waals surface area contributed by atoms with Gasteiger partial charge in [0.05, 0.1) is 35.3 Å². The number of carbonyl (C=O) groups excluding carboxylic acids is 1. The molecule has 1 spiro atoms. The highest BCUT2D eigenvalue weighted by Gasteiger charge is 2.62. The fraction of sp³-hybridized carbons (Fsp3) is 0.500. The van der Waals surface area contributed by atoms with Gasteiger partial charge in [0.1, 0.15) is 5.69 Å². The van der Waals surface area contributed by atoms with Gasteiger partial charge in [0.2, 0.25) is 20.0 Å². The second-order valence-corrected chi connectivity index (χ2v) is 16.9. The quantitative estimate of drug-likeness (QED) is 0.332. The van der Waals surface area contributed by atoms with E-state index in [0.29, 0.717) is 28.0 Å². The molecule has 1 aromatic heterocycles. The van der Waals surface area contributed by atoms with E-state index in [1.54, 1.807) is 68.0 Å². The van der Waals surface area contributed by atoms with E-state index >= 15 is 0 Å². The summed E-state index contributed by atoms with van der Waals surface area (Å²) in [5, 5.41) is 8.72. The van der Waals surface area contributed by atoms with Crippen LogP contribution in [-0.2, 0) is 29.6 Å². The number of carbonyl (C=O) groups is 1. The van der Waals surface area contributed by atoms with Crippen molar-refractivity contribution in [3.63, 3.8) is 0 Å². The summed E-state index contributed by atoms with van der Waals surface area (Å²) >= 11 is 0. The van der Waals surface area contributed by atoms with Crippen LogP contribution in [-0.4, -0.2) is 68.3 Å². The van der Waals surface area contributed by atoms with E-state index in [1.165, 1.54) is 26.0 Å². The molecular formula is C30H38N6O6S2. The lowest BCUT2D eigenvalue weighted by molar-refractivity contribution is -0.140. The summed E-state index contributed by atoms with van der Waals surface area (Å²) in [4.78, 5) is 14.7. The lowest BCUT2D eigenvalue weighted by Crippen LogP contribution is -2.40. The van der Waals surface area contributed by atoms with Gasteiger partial charge in [0.15, 0.2) is 4.75 Å². The third-order valence-corrected chi connectivity index (χ3v) is 12.6. The summed E-state index contributed by atoms with van der Waals surface area (Å²) in [6.45, 7) is 6.98. The van der Waals surface area contributed by atoms with Crippen LogP contribution in [0.4, 0.5) is 11.4 Å². The third-order valence-electron chi connectivity index (χ3n) is 8.75. The predicted octanol–water partition coefficient (Wildman–Crippen LogP) is 3.84. The Kier molecular flexibility index (Phi) is 7.32. The number of anilines is 2. The fourth-order valence-corrected chi connectivity index (χ4v) is 8.90. The molecule has 0 bridgehead atoms. The van der Waals surface area contributed by atoms with Crippen molar-refractivity contribution in [3.8, 4) is 16.9 Å². The van der Waals surface area contributed by atoms with Gasteiger partial charge < -0.3 is 9.64 Å². The molecule has 2 heterocycles. The zero-order valence-electron chi connectivity index (χ0n) is 25.3. The SMILES string of the molecule is COC(=O)C1(S(=O)(=O)Nc2ccc(-n3cc(-c4cccc(S(=O)(=O)NC(C)(C)C)c4)nn3)c(N3CCC4(CC3)CC4)c2)CC1. The van der Waals surface area contributed by atoms with Crippen LogP contribution in [0.25, 0.3) is 16.9 Å². The van der Waals surface area contributed by atoms with Crippen LogP contribution in [0.2, 0.25) is 0 Å². The number of methoxy groups -OCH3 is 1. The number of rotatable bonds is 9. The lowest BCUT2D eigenvalue weighted by atomic mass is 9.93. The number of esters is 1. The maximum Gasteiger partial charge on any atom is 0.329 e. The number of nitrogens with one attached hydrogen (secondary N) is 2. The first kappa shape index (κ1) is 30.5. The zero-order chi connectivity index (χ0) is 31.5. The van der Waals surface area contributed by atoms with Gasteiger partial charge in [-0.25, -0.2) is 26.2 Å². The Bertz CT molecular complexity index is 1810. The van der Waals surface area contributed by atoms with Gasteiger partial charge in [0.25, 0.3) is 0 Å². The second kappa shape index (κ2) is 10.6. The molecule has 14 heteroatoms. The van der Waals surface area contributed by atoms with Gasteiger partial charge in [-0.15, -0.1) is 5.10 Å². The molecule has 12 nitrogen and oxygen atoms in total. The molecule has 0 amide bonds. The smallest absolute Gasteiger partial charge is 0.329 e. The first-order valence-corrected chi connectivity index (χ1v) is 17.7. The summed E-state index contributed by atoms with van der Waals surface area (Å²) in [6.07, 6.45) is 6.76. The number of piperidine rings is 1. The van der Waals surface area contributed by atoms with Crippen molar-refractivity contribution >= 4 is 37.4 Å². The van der Waals surface area contributed by atoms with E-state index in [1.807, 2.05) is 0 Å². The van der Waals surface area contributed by atoms with Gasteiger partial charge >= 0.3 is 5.97 Å². The standard InChI is InChI=1S/C30H38N6O6S2/c1-28(2,3)33-43(38,39)23-7-5-6-21(18-23)24-20-36(34-31-24)25-9-8-22(32-44(40,41)30(12-13-30)27(37)42-4)19-26(25)35-16-14-29(10-11-29)15-17-35/h5-9,18-20,32-33H,10-17H2,1-4H3. The molecule has 1 aliphatic heterocycles. The molecule has 0 radical (unpaired) electrons. The Labute approximate surface area is 258 Å². The lowest BCUT2D eigenvalue weighted by Gasteiger charge is -2.35. The molecule has 44 heavy (non-hydrogen) atoms. The van der Waals surface area contributed by atoms with E-state index in [9.17, 15) is 21.6 Å². The Hall–Kier alpha value is -3.49. The van der Waals surface area contributed by atoms with Gasteiger partial charge in [-0.1, -0.05) is 17.3 Å². The van der Waals surface area contributed by atoms with E-state index in [4.69, 9.17) is 4.74 Å². The molecule has 2 aliphatic carbocycles. The van der Waals surface area contributed by atoms with E-state index < -0.39 is 36.3 Å². The molecule has 6 rings (SSSR count). The number of ether oxygens (including phenoxy) is 1. The molecule has 0 atom stereocenters. The van der Waals surface area contributed by atoms with Crippen molar-refractivity contribution in [1.29, 1.82) is 0 Å². The molecule has 2 aromatic carbocycles. The molecule has 3 fully saturated rings. The predicted molar refractivity (Wildman–Crippen MR) is 167 cm³/mol. The minimum Gasteiger partial charge on any atom is -0.468 e. The molecule has 236 valence electrons. The maximum atomic E-state index is 13.3. The van der Waals surface area contributed by atoms with Crippen LogP contribution < -0.4 is 14.3 Å². The summed E-state index contributed by atoms with van der Waals surface area (Å²) < 4.78 is 62.5. The highest BCUT2D eigenvalue weighted by Crippen LogP contribution is 2.54. The van der Waals surface area contributed by atoms with Crippen molar-refractivity contribution in [2.24, 2.45) is 5.41 Å². The monoisotopic (exact) mass is 642 g/mol. The van der Waals surface area contributed by atoms with E-state index in [2.05, 4.69) is 24.7 Å². The zero-order valence-corrected chi connectivity index (χ0v) is 27.0. The van der Waals surface area contributed by atoms with Crippen LogP contribution in [0.15, 0.2) is 53.6 Å². The Morgan fingerprint density at radius 2 is 1.64 bits per heavy atom. The third kappa shape index (κ3) is 5.82. The number of benzene rings is 2. The van der Waals surface area contributed by atoms with Crippen molar-refractivity contribution in [2.75, 3.05) is 29.8 Å². The summed E-state index contributed by atoms with van der Waals surface area (Å²) in [6, 6.07) is 11.7. The van der Waals surface area contributed by atoms with Gasteiger partial charge in [0, 0.05) is 24.2 Å². The first-order valence-electron chi connectivity index (χ1n) is 14.7. The Morgan fingerprint density at radius 1 is 0.932 bits per heavy atom. The minimum atomic E-state index is -4.04. The van der Waals surface area contributed by atoms with Crippen LogP contribution in [0.1, 0.15) is 59.3 Å².